The van der Waals surface area contributed by atoms with Gasteiger partial charge in [-0.05, 0) is 34.1 Å². The molecule has 2 rings (SSSR count). The summed E-state index contributed by atoms with van der Waals surface area (Å²) >= 11 is 3.27. The molecule has 4 nitrogen and oxygen atoms in total. The fourth-order valence-corrected chi connectivity index (χ4v) is 1.90. The van der Waals surface area contributed by atoms with E-state index in [2.05, 4.69) is 20.9 Å². The van der Waals surface area contributed by atoms with Crippen LogP contribution in [0.15, 0.2) is 47.1 Å². The van der Waals surface area contributed by atoms with E-state index in [1.54, 1.807) is 43.6 Å². The summed E-state index contributed by atoms with van der Waals surface area (Å²) in [5.41, 5.74) is 1.08. The molecule has 0 unspecified atom stereocenters. The zero-order chi connectivity index (χ0) is 13.8. The number of halogens is 1. The van der Waals surface area contributed by atoms with Crippen LogP contribution in [0.1, 0.15) is 16.1 Å². The van der Waals surface area contributed by atoms with Crippen molar-refractivity contribution >= 4 is 21.8 Å². The molecule has 1 heterocycles. The number of phenols is 1. The first kappa shape index (κ1) is 13.5. The Morgan fingerprint density at radius 3 is 2.68 bits per heavy atom. The predicted octanol–water partition coefficient (Wildman–Crippen LogP) is 2.82. The number of amides is 1. The van der Waals surface area contributed by atoms with Crippen LogP contribution in [0.25, 0.3) is 0 Å². The highest BCUT2D eigenvalue weighted by molar-refractivity contribution is 9.10. The smallest absolute Gasteiger partial charge is 0.272 e. The lowest BCUT2D eigenvalue weighted by Gasteiger charge is -2.17. The van der Waals surface area contributed by atoms with E-state index in [4.69, 9.17) is 0 Å². The first-order valence-corrected chi connectivity index (χ1v) is 6.51. The van der Waals surface area contributed by atoms with E-state index in [9.17, 15) is 9.90 Å². The fourth-order valence-electron chi connectivity index (χ4n) is 1.67. The molecule has 0 fully saturated rings. The van der Waals surface area contributed by atoms with Gasteiger partial charge in [0.1, 0.15) is 11.4 Å². The summed E-state index contributed by atoms with van der Waals surface area (Å²) in [6.45, 7) is 0.337. The number of para-hydroxylation sites is 1. The van der Waals surface area contributed by atoms with Crippen molar-refractivity contribution < 1.29 is 9.90 Å². The Kier molecular flexibility index (Phi) is 4.16. The maximum Gasteiger partial charge on any atom is 0.272 e. The summed E-state index contributed by atoms with van der Waals surface area (Å²) < 4.78 is 0.826. The Morgan fingerprint density at radius 2 is 2.05 bits per heavy atom. The van der Waals surface area contributed by atoms with Gasteiger partial charge in [-0.15, -0.1) is 0 Å². The van der Waals surface area contributed by atoms with E-state index in [1.165, 1.54) is 4.90 Å². The highest BCUT2D eigenvalue weighted by Gasteiger charge is 2.14. The van der Waals surface area contributed by atoms with Gasteiger partial charge in [0.25, 0.3) is 5.91 Å². The Bertz CT molecular complexity index is 584. The molecule has 0 aliphatic rings. The summed E-state index contributed by atoms with van der Waals surface area (Å²) in [6.07, 6.45) is 1.58. The van der Waals surface area contributed by atoms with E-state index in [0.717, 1.165) is 4.47 Å². The van der Waals surface area contributed by atoms with Crippen LogP contribution in [0.2, 0.25) is 0 Å². The molecule has 2 aromatic rings. The van der Waals surface area contributed by atoms with E-state index < -0.39 is 0 Å². The van der Waals surface area contributed by atoms with Crippen LogP contribution >= 0.6 is 15.9 Å². The molecule has 0 radical (unpaired) electrons. The van der Waals surface area contributed by atoms with Crippen molar-refractivity contribution in [1.82, 2.24) is 9.88 Å². The van der Waals surface area contributed by atoms with E-state index in [1.807, 2.05) is 6.07 Å². The van der Waals surface area contributed by atoms with E-state index in [0.29, 0.717) is 17.8 Å². The monoisotopic (exact) mass is 320 g/mol. The Hall–Kier alpha value is -1.88. The number of nitrogens with zero attached hydrogens (tertiary/aromatic N) is 2. The highest BCUT2D eigenvalue weighted by Crippen LogP contribution is 2.18. The maximum atomic E-state index is 12.1. The molecule has 0 aliphatic heterocycles. The third-order valence-corrected chi connectivity index (χ3v) is 3.16. The Morgan fingerprint density at radius 1 is 1.32 bits per heavy atom. The van der Waals surface area contributed by atoms with Gasteiger partial charge >= 0.3 is 0 Å². The van der Waals surface area contributed by atoms with Crippen molar-refractivity contribution in [2.45, 2.75) is 6.54 Å². The second-order valence-corrected chi connectivity index (χ2v) is 5.07. The number of pyridine rings is 1. The third-order valence-electron chi connectivity index (χ3n) is 2.69. The van der Waals surface area contributed by atoms with Gasteiger partial charge in [-0.2, -0.15) is 0 Å². The Balaban J connectivity index is 2.12. The fraction of sp³-hybridized carbons (Fsp3) is 0.143. The number of carbonyl (C=O) groups is 1. The van der Waals surface area contributed by atoms with Crippen molar-refractivity contribution in [3.8, 4) is 5.75 Å². The van der Waals surface area contributed by atoms with Gasteiger partial charge in [-0.25, -0.2) is 4.98 Å². The molecule has 0 saturated carbocycles. The first-order valence-electron chi connectivity index (χ1n) is 5.72. The molecule has 98 valence electrons. The number of benzene rings is 1. The number of hydrogen-bond acceptors (Lipinski definition) is 3. The highest BCUT2D eigenvalue weighted by atomic mass is 79.9. The van der Waals surface area contributed by atoms with E-state index in [-0.39, 0.29) is 11.7 Å². The van der Waals surface area contributed by atoms with Crippen molar-refractivity contribution in [3.05, 3.63) is 58.3 Å². The van der Waals surface area contributed by atoms with E-state index >= 15 is 0 Å². The van der Waals surface area contributed by atoms with Crippen LogP contribution in [-0.4, -0.2) is 27.9 Å². The molecule has 1 amide bonds. The molecule has 1 aromatic carbocycles. The summed E-state index contributed by atoms with van der Waals surface area (Å²) in [4.78, 5) is 17.7. The standard InChI is InChI=1S/C14H13BrN2O2/c1-17(9-10-4-2-3-5-13(10)18)14(19)12-7-6-11(15)8-16-12/h2-8,18H,9H2,1H3. The molecule has 0 spiro atoms. The summed E-state index contributed by atoms with van der Waals surface area (Å²) in [5.74, 6) is 0.00154. The molecule has 0 atom stereocenters. The molecule has 5 heteroatoms. The average molecular weight is 321 g/mol. The summed E-state index contributed by atoms with van der Waals surface area (Å²) in [6, 6.07) is 10.4. The number of aromatic hydroxyl groups is 1. The lowest BCUT2D eigenvalue weighted by atomic mass is 10.2. The van der Waals surface area contributed by atoms with Gasteiger partial charge in [0, 0.05) is 29.8 Å². The minimum Gasteiger partial charge on any atom is -0.508 e. The molecular weight excluding hydrogens is 308 g/mol. The van der Waals surface area contributed by atoms with Crippen LogP contribution in [0.4, 0.5) is 0 Å². The topological polar surface area (TPSA) is 53.4 Å². The number of carbonyl (C=O) groups excluding carboxylic acids is 1. The van der Waals surface area contributed by atoms with Crippen molar-refractivity contribution in [1.29, 1.82) is 0 Å². The molecule has 1 N–H and O–H groups in total. The van der Waals surface area contributed by atoms with Crippen molar-refractivity contribution in [3.63, 3.8) is 0 Å². The van der Waals surface area contributed by atoms with Gasteiger partial charge in [0.05, 0.1) is 0 Å². The zero-order valence-electron chi connectivity index (χ0n) is 10.4. The van der Waals surface area contributed by atoms with Crippen LogP contribution in [0.5, 0.6) is 5.75 Å². The van der Waals surface area contributed by atoms with Crippen LogP contribution in [0.3, 0.4) is 0 Å². The van der Waals surface area contributed by atoms with Crippen LogP contribution in [-0.2, 0) is 6.54 Å². The molecule has 0 bridgehead atoms. The number of hydrogen-bond donors (Lipinski definition) is 1. The summed E-state index contributed by atoms with van der Waals surface area (Å²) in [5, 5.41) is 9.69. The Labute approximate surface area is 119 Å². The number of rotatable bonds is 3. The minimum atomic E-state index is -0.184. The average Bonchev–Trinajstić information content (AvgIpc) is 2.41. The summed E-state index contributed by atoms with van der Waals surface area (Å²) in [7, 11) is 1.68. The number of phenolic OH excluding ortho intramolecular Hbond substituents is 1. The largest absolute Gasteiger partial charge is 0.508 e. The molecular formula is C14H13BrN2O2. The van der Waals surface area contributed by atoms with Crippen LogP contribution < -0.4 is 0 Å². The zero-order valence-corrected chi connectivity index (χ0v) is 12.0. The maximum absolute atomic E-state index is 12.1. The van der Waals surface area contributed by atoms with Gasteiger partial charge < -0.3 is 10.0 Å². The minimum absolute atomic E-state index is 0.184. The van der Waals surface area contributed by atoms with Gasteiger partial charge in [-0.1, -0.05) is 18.2 Å². The third kappa shape index (κ3) is 3.32. The lowest BCUT2D eigenvalue weighted by molar-refractivity contribution is 0.0778. The van der Waals surface area contributed by atoms with Crippen LogP contribution in [0, 0.1) is 0 Å². The van der Waals surface area contributed by atoms with Gasteiger partial charge in [0.15, 0.2) is 0 Å². The molecule has 19 heavy (non-hydrogen) atoms. The second-order valence-electron chi connectivity index (χ2n) is 4.15. The van der Waals surface area contributed by atoms with Crippen molar-refractivity contribution in [2.24, 2.45) is 0 Å². The predicted molar refractivity (Wildman–Crippen MR) is 75.8 cm³/mol. The van der Waals surface area contributed by atoms with Gasteiger partial charge in [-0.3, -0.25) is 4.79 Å². The quantitative estimate of drug-likeness (QED) is 0.946. The lowest BCUT2D eigenvalue weighted by Crippen LogP contribution is -2.26. The SMILES string of the molecule is CN(Cc1ccccc1O)C(=O)c1ccc(Br)cn1. The second kappa shape index (κ2) is 5.84. The molecule has 0 aliphatic carbocycles. The van der Waals surface area contributed by atoms with Gasteiger partial charge in [0.2, 0.25) is 0 Å². The normalized spacial score (nSPS) is 10.2. The van der Waals surface area contributed by atoms with Crippen molar-refractivity contribution in [2.75, 3.05) is 7.05 Å². The molecule has 0 saturated heterocycles. The first-order chi connectivity index (χ1) is 9.08. The molecule has 1 aromatic heterocycles. The number of aromatic nitrogens is 1.